The van der Waals surface area contributed by atoms with Crippen LogP contribution in [0.5, 0.6) is 0 Å². The van der Waals surface area contributed by atoms with E-state index >= 15 is 0 Å². The summed E-state index contributed by atoms with van der Waals surface area (Å²) in [4.78, 5) is 36.1. The van der Waals surface area contributed by atoms with Crippen LogP contribution in [-0.4, -0.2) is 53.1 Å². The SMILES string of the molecule is N[C@H](C(=O)N1CCCC1)[C@@H]1CCC[C@@H]1OC(=O)C=CC(=O)O. The van der Waals surface area contributed by atoms with Crippen molar-refractivity contribution < 1.29 is 24.2 Å². The van der Waals surface area contributed by atoms with E-state index in [0.29, 0.717) is 6.42 Å². The summed E-state index contributed by atoms with van der Waals surface area (Å²) in [6.07, 6.45) is 5.43. The van der Waals surface area contributed by atoms with Gasteiger partial charge in [0.15, 0.2) is 0 Å². The summed E-state index contributed by atoms with van der Waals surface area (Å²) in [7, 11) is 0. The molecule has 1 heterocycles. The number of esters is 1. The van der Waals surface area contributed by atoms with Crippen molar-refractivity contribution in [2.45, 2.75) is 44.2 Å². The highest BCUT2D eigenvalue weighted by Gasteiger charge is 2.39. The van der Waals surface area contributed by atoms with Crippen molar-refractivity contribution in [3.8, 4) is 0 Å². The third-order valence-corrected chi connectivity index (χ3v) is 4.30. The van der Waals surface area contributed by atoms with Crippen LogP contribution in [-0.2, 0) is 19.1 Å². The number of nitrogens with two attached hydrogens (primary N) is 1. The number of amides is 1. The molecule has 22 heavy (non-hydrogen) atoms. The Kier molecular flexibility index (Phi) is 5.54. The topological polar surface area (TPSA) is 110 Å². The average molecular weight is 310 g/mol. The minimum atomic E-state index is -1.21. The zero-order valence-electron chi connectivity index (χ0n) is 12.4. The minimum absolute atomic E-state index is 0.0773. The first kappa shape index (κ1) is 16.5. The van der Waals surface area contributed by atoms with Crippen molar-refractivity contribution in [3.63, 3.8) is 0 Å². The molecule has 0 radical (unpaired) electrons. The third-order valence-electron chi connectivity index (χ3n) is 4.30. The van der Waals surface area contributed by atoms with Crippen molar-refractivity contribution in [2.24, 2.45) is 11.7 Å². The van der Waals surface area contributed by atoms with Crippen LogP contribution >= 0.6 is 0 Å². The van der Waals surface area contributed by atoms with Crippen LogP contribution in [0, 0.1) is 5.92 Å². The van der Waals surface area contributed by atoms with Gasteiger partial charge in [0.25, 0.3) is 0 Å². The van der Waals surface area contributed by atoms with Gasteiger partial charge in [0.2, 0.25) is 5.91 Å². The molecular formula is C15H22N2O5. The van der Waals surface area contributed by atoms with Gasteiger partial charge in [0.05, 0.1) is 6.04 Å². The van der Waals surface area contributed by atoms with Crippen LogP contribution in [0.2, 0.25) is 0 Å². The molecule has 2 aliphatic rings. The second kappa shape index (κ2) is 7.40. The van der Waals surface area contributed by atoms with Gasteiger partial charge < -0.3 is 20.5 Å². The number of carboxylic acids is 1. The summed E-state index contributed by atoms with van der Waals surface area (Å²) in [5.41, 5.74) is 6.10. The number of nitrogens with zero attached hydrogens (tertiary/aromatic N) is 1. The van der Waals surface area contributed by atoms with Crippen LogP contribution < -0.4 is 5.73 Å². The number of aliphatic carboxylic acids is 1. The van der Waals surface area contributed by atoms with E-state index in [1.807, 2.05) is 0 Å². The Bertz CT molecular complexity index is 471. The summed E-state index contributed by atoms with van der Waals surface area (Å²) in [5, 5.41) is 8.49. The molecule has 0 bridgehead atoms. The summed E-state index contributed by atoms with van der Waals surface area (Å²) in [5.74, 6) is -2.19. The average Bonchev–Trinajstić information content (AvgIpc) is 3.15. The first-order valence-electron chi connectivity index (χ1n) is 7.65. The van der Waals surface area contributed by atoms with Gasteiger partial charge in [-0.3, -0.25) is 4.79 Å². The molecule has 1 saturated heterocycles. The number of likely N-dealkylation sites (tertiary alicyclic amines) is 1. The van der Waals surface area contributed by atoms with Crippen molar-refractivity contribution in [1.82, 2.24) is 4.90 Å². The van der Waals surface area contributed by atoms with Gasteiger partial charge in [-0.05, 0) is 32.1 Å². The van der Waals surface area contributed by atoms with Crippen molar-refractivity contribution in [1.29, 1.82) is 0 Å². The van der Waals surface area contributed by atoms with E-state index in [1.54, 1.807) is 4.90 Å². The van der Waals surface area contributed by atoms with Gasteiger partial charge in [-0.1, -0.05) is 0 Å². The Hall–Kier alpha value is -1.89. The van der Waals surface area contributed by atoms with Crippen LogP contribution in [0.3, 0.4) is 0 Å². The lowest BCUT2D eigenvalue weighted by atomic mass is 9.95. The molecule has 1 aliphatic heterocycles. The van der Waals surface area contributed by atoms with Crippen LogP contribution in [0.1, 0.15) is 32.1 Å². The highest BCUT2D eigenvalue weighted by Crippen LogP contribution is 2.31. The standard InChI is InChI=1S/C15H22N2O5/c16-14(15(21)17-8-1-2-9-17)10-4-3-5-11(10)22-13(20)7-6-12(18)19/h6-7,10-11,14H,1-5,8-9,16H2,(H,18,19)/t10-,11+,14+/m1/s1. The fourth-order valence-corrected chi connectivity index (χ4v) is 3.17. The Balaban J connectivity index is 1.93. The predicted molar refractivity (Wildman–Crippen MR) is 77.8 cm³/mol. The number of ether oxygens (including phenoxy) is 1. The number of carboxylic acid groups (broad SMARTS) is 1. The Morgan fingerprint density at radius 3 is 2.45 bits per heavy atom. The van der Waals surface area contributed by atoms with Gasteiger partial charge >= 0.3 is 11.9 Å². The smallest absolute Gasteiger partial charge is 0.331 e. The van der Waals surface area contributed by atoms with E-state index in [4.69, 9.17) is 15.6 Å². The molecule has 0 aromatic rings. The monoisotopic (exact) mass is 310 g/mol. The van der Waals surface area contributed by atoms with Gasteiger partial charge in [0.1, 0.15) is 6.10 Å². The number of carbonyl (C=O) groups excluding carboxylic acids is 2. The van der Waals surface area contributed by atoms with Crippen molar-refractivity contribution >= 4 is 17.8 Å². The van der Waals surface area contributed by atoms with Crippen molar-refractivity contribution in [2.75, 3.05) is 13.1 Å². The number of hydrogen-bond acceptors (Lipinski definition) is 5. The lowest BCUT2D eigenvalue weighted by Crippen LogP contribution is -2.49. The van der Waals surface area contributed by atoms with Gasteiger partial charge in [0, 0.05) is 31.2 Å². The molecule has 3 N–H and O–H groups in total. The molecule has 0 spiro atoms. The highest BCUT2D eigenvalue weighted by molar-refractivity contribution is 5.90. The maximum Gasteiger partial charge on any atom is 0.331 e. The summed E-state index contributed by atoms with van der Waals surface area (Å²) in [6, 6.07) is -0.665. The first-order valence-corrected chi connectivity index (χ1v) is 7.65. The van der Waals surface area contributed by atoms with Gasteiger partial charge in [-0.15, -0.1) is 0 Å². The van der Waals surface area contributed by atoms with Crippen LogP contribution in [0.25, 0.3) is 0 Å². The first-order chi connectivity index (χ1) is 10.5. The molecule has 3 atom stereocenters. The molecular weight excluding hydrogens is 288 g/mol. The second-order valence-corrected chi connectivity index (χ2v) is 5.80. The molecule has 2 rings (SSSR count). The molecule has 2 fully saturated rings. The Morgan fingerprint density at radius 2 is 1.82 bits per heavy atom. The predicted octanol–water partition coefficient (Wildman–Crippen LogP) is 0.289. The van der Waals surface area contributed by atoms with E-state index < -0.39 is 24.1 Å². The van der Waals surface area contributed by atoms with E-state index in [-0.39, 0.29) is 11.8 Å². The quantitative estimate of drug-likeness (QED) is 0.558. The summed E-state index contributed by atoms with van der Waals surface area (Å²) < 4.78 is 5.27. The minimum Gasteiger partial charge on any atom is -0.478 e. The Morgan fingerprint density at radius 1 is 1.14 bits per heavy atom. The van der Waals surface area contributed by atoms with E-state index in [2.05, 4.69) is 0 Å². The number of rotatable bonds is 5. The number of hydrogen-bond donors (Lipinski definition) is 2. The molecule has 0 aromatic heterocycles. The van der Waals surface area contributed by atoms with E-state index in [0.717, 1.165) is 50.9 Å². The molecule has 1 aliphatic carbocycles. The molecule has 1 amide bonds. The maximum atomic E-state index is 12.3. The zero-order valence-corrected chi connectivity index (χ0v) is 12.4. The lowest BCUT2D eigenvalue weighted by Gasteiger charge is -2.28. The van der Waals surface area contributed by atoms with Crippen molar-refractivity contribution in [3.05, 3.63) is 12.2 Å². The third kappa shape index (κ3) is 4.07. The molecule has 7 nitrogen and oxygen atoms in total. The molecule has 122 valence electrons. The van der Waals surface area contributed by atoms with Gasteiger partial charge in [-0.2, -0.15) is 0 Å². The molecule has 1 saturated carbocycles. The van der Waals surface area contributed by atoms with E-state index in [1.165, 1.54) is 0 Å². The van der Waals surface area contributed by atoms with E-state index in [9.17, 15) is 14.4 Å². The normalized spacial score (nSPS) is 26.3. The zero-order chi connectivity index (χ0) is 16.1. The fraction of sp³-hybridized carbons (Fsp3) is 0.667. The van der Waals surface area contributed by atoms with Crippen LogP contribution in [0.15, 0.2) is 12.2 Å². The van der Waals surface area contributed by atoms with Crippen LogP contribution in [0.4, 0.5) is 0 Å². The number of carbonyl (C=O) groups is 3. The van der Waals surface area contributed by atoms with Gasteiger partial charge in [-0.25, -0.2) is 9.59 Å². The second-order valence-electron chi connectivity index (χ2n) is 5.80. The summed E-state index contributed by atoms with van der Waals surface area (Å²) in [6.45, 7) is 1.48. The summed E-state index contributed by atoms with van der Waals surface area (Å²) >= 11 is 0. The maximum absolute atomic E-state index is 12.3. The highest BCUT2D eigenvalue weighted by atomic mass is 16.5. The Labute approximate surface area is 129 Å². The lowest BCUT2D eigenvalue weighted by molar-refractivity contribution is -0.147. The molecule has 0 unspecified atom stereocenters. The molecule has 7 heteroatoms. The largest absolute Gasteiger partial charge is 0.478 e. The fourth-order valence-electron chi connectivity index (χ4n) is 3.17. The molecule has 0 aromatic carbocycles.